The van der Waals surface area contributed by atoms with Gasteiger partial charge in [0, 0.05) is 65.7 Å². The van der Waals surface area contributed by atoms with Crippen LogP contribution in [0.5, 0.6) is 5.75 Å². The Labute approximate surface area is 372 Å². The highest BCUT2D eigenvalue weighted by Gasteiger charge is 2.30. The fourth-order valence-corrected chi connectivity index (χ4v) is 12.6. The molecule has 2 saturated carbocycles. The lowest BCUT2D eigenvalue weighted by Crippen LogP contribution is -2.38. The summed E-state index contributed by atoms with van der Waals surface area (Å²) in [5.74, 6) is 1.81. The zero-order valence-corrected chi connectivity index (χ0v) is 38.6. The van der Waals surface area contributed by atoms with Crippen LogP contribution in [0.1, 0.15) is 68.3 Å². The Morgan fingerprint density at radius 2 is 1.31 bits per heavy atom. The fourth-order valence-electron chi connectivity index (χ4n) is 7.95. The van der Waals surface area contributed by atoms with Crippen molar-refractivity contribution in [2.45, 2.75) is 94.0 Å². The molecule has 6 aromatic rings. The predicted molar refractivity (Wildman–Crippen MR) is 246 cm³/mol. The zero-order valence-electron chi connectivity index (χ0n) is 35.3. The van der Waals surface area contributed by atoms with Crippen LogP contribution in [-0.4, -0.2) is 69.1 Å². The van der Waals surface area contributed by atoms with Gasteiger partial charge in [-0.15, -0.1) is 22.7 Å². The second-order valence-electron chi connectivity index (χ2n) is 15.9. The number of aromatic nitrogens is 4. The molecule has 2 aliphatic rings. The minimum absolute atomic E-state index is 0.0319. The van der Waals surface area contributed by atoms with E-state index < -0.39 is 20.0 Å². The van der Waals surface area contributed by atoms with Crippen LogP contribution in [0.25, 0.3) is 22.6 Å². The molecule has 0 unspecified atom stereocenters. The largest absolute Gasteiger partial charge is 0.495 e. The van der Waals surface area contributed by atoms with Crippen molar-refractivity contribution in [3.8, 4) is 28.4 Å². The van der Waals surface area contributed by atoms with Crippen molar-refractivity contribution in [3.63, 3.8) is 0 Å². The quantitative estimate of drug-likeness (QED) is 0.0767. The van der Waals surface area contributed by atoms with Crippen LogP contribution in [0.4, 0.5) is 10.3 Å². The van der Waals surface area contributed by atoms with E-state index in [0.717, 1.165) is 103 Å². The normalized spacial score (nSPS) is 19.3. The molecule has 2 aliphatic carbocycles. The molecule has 0 amide bonds. The number of hydrogen-bond acceptors (Lipinski definition) is 14. The molecular formula is C44H54N8O6S4. The highest BCUT2D eigenvalue weighted by Crippen LogP contribution is 2.32. The molecule has 0 aliphatic heterocycles. The number of nitrogens with one attached hydrogen (secondary N) is 4. The summed E-state index contributed by atoms with van der Waals surface area (Å²) in [6.07, 6.45) is 14.0. The monoisotopic (exact) mass is 918 g/mol. The molecule has 330 valence electrons. The summed E-state index contributed by atoms with van der Waals surface area (Å²) in [5.41, 5.74) is 5.29. The van der Waals surface area contributed by atoms with Gasteiger partial charge in [0.05, 0.1) is 24.8 Å². The number of aryl methyl sites for hydroxylation is 3. The van der Waals surface area contributed by atoms with Gasteiger partial charge in [-0.3, -0.25) is 9.97 Å². The Morgan fingerprint density at radius 3 is 1.87 bits per heavy atom. The summed E-state index contributed by atoms with van der Waals surface area (Å²) in [6, 6.07) is 14.8. The van der Waals surface area contributed by atoms with Crippen LogP contribution in [0, 0.1) is 32.6 Å². The van der Waals surface area contributed by atoms with E-state index in [1.54, 1.807) is 67.2 Å². The number of nitrogens with zero attached hydrogens (tertiary/aromatic N) is 4. The Hall–Kier alpha value is -4.72. The van der Waals surface area contributed by atoms with E-state index >= 15 is 0 Å². The molecule has 18 heteroatoms. The molecule has 0 atom stereocenters. The maximum absolute atomic E-state index is 12.9. The van der Waals surface area contributed by atoms with Crippen LogP contribution in [0.2, 0.25) is 0 Å². The van der Waals surface area contributed by atoms with Gasteiger partial charge in [0.1, 0.15) is 27.0 Å². The number of furan rings is 1. The van der Waals surface area contributed by atoms with Gasteiger partial charge in [0.25, 0.3) is 0 Å². The van der Waals surface area contributed by atoms with Gasteiger partial charge in [0.2, 0.25) is 20.0 Å². The summed E-state index contributed by atoms with van der Waals surface area (Å²) in [7, 11) is -5.68. The highest BCUT2D eigenvalue weighted by molar-refractivity contribution is 7.90. The third-order valence-electron chi connectivity index (χ3n) is 11.3. The fraction of sp³-hybridized carbons (Fsp3) is 0.409. The lowest BCUT2D eigenvalue weighted by Gasteiger charge is -2.29. The van der Waals surface area contributed by atoms with E-state index in [1.807, 2.05) is 54.1 Å². The third-order valence-corrected chi connectivity index (χ3v) is 16.2. The Bertz CT molecular complexity index is 2570. The average molecular weight is 919 g/mol. The number of pyridine rings is 2. The van der Waals surface area contributed by atoms with Crippen molar-refractivity contribution in [1.29, 1.82) is 0 Å². The summed E-state index contributed by atoms with van der Waals surface area (Å²) in [6.45, 7) is 7.00. The predicted octanol–water partition coefficient (Wildman–Crippen LogP) is 8.84. The van der Waals surface area contributed by atoms with Gasteiger partial charge in [-0.05, 0) is 126 Å². The van der Waals surface area contributed by atoms with E-state index in [4.69, 9.17) is 9.15 Å². The van der Waals surface area contributed by atoms with Crippen molar-refractivity contribution >= 4 is 53.0 Å². The Balaban J connectivity index is 0.000000187. The molecule has 0 radical (unpaired) electrons. The smallest absolute Gasteiger partial charge is 0.244 e. The van der Waals surface area contributed by atoms with E-state index in [0.29, 0.717) is 28.9 Å². The number of thiazole rings is 2. The maximum Gasteiger partial charge on any atom is 0.244 e. The molecule has 0 bridgehead atoms. The second kappa shape index (κ2) is 20.6. The van der Waals surface area contributed by atoms with Crippen LogP contribution in [0.15, 0.2) is 98.4 Å². The number of rotatable bonds is 15. The molecule has 0 saturated heterocycles. The minimum atomic E-state index is -3.62. The number of ether oxygens (including phenoxy) is 1. The number of anilines is 2. The first-order chi connectivity index (χ1) is 29.9. The summed E-state index contributed by atoms with van der Waals surface area (Å²) in [4.78, 5) is 18.1. The molecule has 0 spiro atoms. The topological polar surface area (TPSA) is 190 Å². The number of benzene rings is 1. The number of hydrogen-bond donors (Lipinski definition) is 4. The standard InChI is InChI=1S/C23H28N4O3S2.C21H26N4O3S2/c1-16-3-8-21(30-2)22(13-16)32(28,29)27-19-6-4-17(5-7-19)14-25-23-26-20(15-31-23)18-9-11-24-12-10-18;1-14-12-28-15(2)20(14)30(26,27)25-17-8-6-16(7-9-17)11-23-21-24-19(13-29-21)18-5-3-4-10-22-18/h3,8-13,15,17,19,27H,4-7,14H2,1-2H3,(H,25,26);3-5,10,12-13,16-17,25H,6-9,11H2,1-2H3,(H,23,24). The molecule has 8 rings (SSSR count). The van der Waals surface area contributed by atoms with Crippen LogP contribution in [-0.2, 0) is 20.0 Å². The maximum atomic E-state index is 12.9. The van der Waals surface area contributed by atoms with E-state index in [-0.39, 0.29) is 21.9 Å². The van der Waals surface area contributed by atoms with Gasteiger partial charge in [0.15, 0.2) is 10.3 Å². The van der Waals surface area contributed by atoms with Crippen LogP contribution < -0.4 is 24.8 Å². The van der Waals surface area contributed by atoms with Crippen molar-refractivity contribution in [3.05, 3.63) is 101 Å². The van der Waals surface area contributed by atoms with E-state index in [1.165, 1.54) is 13.4 Å². The van der Waals surface area contributed by atoms with Crippen LogP contribution >= 0.6 is 22.7 Å². The summed E-state index contributed by atoms with van der Waals surface area (Å²) < 4.78 is 67.6. The Morgan fingerprint density at radius 1 is 0.710 bits per heavy atom. The van der Waals surface area contributed by atoms with Gasteiger partial charge >= 0.3 is 0 Å². The van der Waals surface area contributed by atoms with Crippen molar-refractivity contribution in [2.75, 3.05) is 30.8 Å². The number of methoxy groups -OCH3 is 1. The summed E-state index contributed by atoms with van der Waals surface area (Å²) in [5, 5.41) is 12.7. The van der Waals surface area contributed by atoms with E-state index in [9.17, 15) is 16.8 Å². The lowest BCUT2D eigenvalue weighted by molar-refractivity contribution is 0.323. The minimum Gasteiger partial charge on any atom is -0.495 e. The van der Waals surface area contributed by atoms with Crippen LogP contribution in [0.3, 0.4) is 0 Å². The molecular weight excluding hydrogens is 865 g/mol. The van der Waals surface area contributed by atoms with E-state index in [2.05, 4.69) is 40.0 Å². The van der Waals surface area contributed by atoms with Gasteiger partial charge in [-0.25, -0.2) is 36.2 Å². The second-order valence-corrected chi connectivity index (χ2v) is 21.0. The molecule has 5 heterocycles. The van der Waals surface area contributed by atoms with Crippen molar-refractivity contribution in [2.24, 2.45) is 11.8 Å². The average Bonchev–Trinajstić information content (AvgIpc) is 4.04. The van der Waals surface area contributed by atoms with Gasteiger partial charge in [-0.2, -0.15) is 0 Å². The zero-order chi connectivity index (χ0) is 43.7. The molecule has 5 aromatic heterocycles. The van der Waals surface area contributed by atoms with Crippen molar-refractivity contribution in [1.82, 2.24) is 29.4 Å². The molecule has 1 aromatic carbocycles. The summed E-state index contributed by atoms with van der Waals surface area (Å²) >= 11 is 3.18. The molecule has 14 nitrogen and oxygen atoms in total. The third kappa shape index (κ3) is 11.8. The first-order valence-corrected chi connectivity index (χ1v) is 25.5. The molecule has 62 heavy (non-hydrogen) atoms. The van der Waals surface area contributed by atoms with Gasteiger partial charge in [-0.1, -0.05) is 12.1 Å². The van der Waals surface area contributed by atoms with Gasteiger partial charge < -0.3 is 19.8 Å². The van der Waals surface area contributed by atoms with Crippen molar-refractivity contribution < 1.29 is 26.0 Å². The first-order valence-electron chi connectivity index (χ1n) is 20.8. The lowest BCUT2D eigenvalue weighted by atomic mass is 9.86. The SMILES string of the molecule is COc1ccc(C)cc1S(=O)(=O)NC1CCC(CNc2nc(-c3ccncc3)cs2)CC1.Cc1coc(C)c1S(=O)(=O)NC1CCC(CNc2nc(-c3ccccn3)cs2)CC1. The molecule has 2 fully saturated rings. The highest BCUT2D eigenvalue weighted by atomic mass is 32.2. The molecule has 4 N–H and O–H groups in total. The first kappa shape index (κ1) is 45.3. The Kier molecular flexibility index (Phi) is 15.1. The number of sulfonamides is 2.